The van der Waals surface area contributed by atoms with Gasteiger partial charge in [-0.2, -0.15) is 0 Å². The maximum Gasteiger partial charge on any atom is 0.180 e. The highest BCUT2D eigenvalue weighted by Crippen LogP contribution is 1.89. The summed E-state index contributed by atoms with van der Waals surface area (Å²) in [5, 5.41) is 7.07. The molecule has 0 saturated heterocycles. The minimum absolute atomic E-state index is 0. The molecule has 0 aliphatic carbocycles. The summed E-state index contributed by atoms with van der Waals surface area (Å²) in [6.07, 6.45) is 1.77. The molecule has 0 fully saturated rings. The van der Waals surface area contributed by atoms with Crippen LogP contribution >= 0.6 is 12.4 Å². The Kier molecular flexibility index (Phi) is 9.95. The molecule has 1 N–H and O–H groups in total. The summed E-state index contributed by atoms with van der Waals surface area (Å²) in [7, 11) is 0. The van der Waals surface area contributed by atoms with Crippen molar-refractivity contribution in [3.8, 4) is 0 Å². The predicted octanol–water partition coefficient (Wildman–Crippen LogP) is 2.22. The van der Waals surface area contributed by atoms with Crippen molar-refractivity contribution >= 4 is 18.3 Å². The summed E-state index contributed by atoms with van der Waals surface area (Å²) >= 11 is 0. The summed E-state index contributed by atoms with van der Waals surface area (Å²) in [5.74, 6) is 0.412. The van der Waals surface area contributed by atoms with Gasteiger partial charge in [-0.3, -0.25) is 5.41 Å². The first-order valence-corrected chi connectivity index (χ1v) is 3.01. The lowest BCUT2D eigenvalue weighted by Crippen LogP contribution is -2.00. The van der Waals surface area contributed by atoms with E-state index in [-0.39, 0.29) is 12.4 Å². The molecule has 2 nitrogen and oxygen atoms in total. The number of ether oxygens (including phenoxy) is 1. The second kappa shape index (κ2) is 7.76. The maximum absolute atomic E-state index is 7.07. The molecule has 0 aliphatic rings. The minimum Gasteiger partial charge on any atom is -0.481 e. The molecule has 0 unspecified atom stereocenters. The molecule has 0 bridgehead atoms. The average Bonchev–Trinajstić information content (AvgIpc) is 1.68. The summed E-state index contributed by atoms with van der Waals surface area (Å²) in [4.78, 5) is 0. The van der Waals surface area contributed by atoms with E-state index in [2.05, 4.69) is 0 Å². The molecule has 0 aromatic rings. The standard InChI is InChI=1S/C6H13NO.ClH/c1-3-5-6(7)8-4-2;/h7H,3-5H2,1-2H3;1H. The second-order valence-corrected chi connectivity index (χ2v) is 1.61. The number of nitrogens with one attached hydrogen (secondary N) is 1. The zero-order valence-corrected chi connectivity index (χ0v) is 6.75. The first-order valence-electron chi connectivity index (χ1n) is 3.01. The molecule has 56 valence electrons. The minimum atomic E-state index is 0. The number of hydrogen-bond donors (Lipinski definition) is 1. The van der Waals surface area contributed by atoms with Crippen molar-refractivity contribution in [2.24, 2.45) is 0 Å². The summed E-state index contributed by atoms with van der Waals surface area (Å²) in [6.45, 7) is 4.55. The molecule has 3 heteroatoms. The SMILES string of the molecule is CCCC(=N)OCC.Cl. The zero-order chi connectivity index (χ0) is 6.41. The van der Waals surface area contributed by atoms with Crippen LogP contribution in [-0.2, 0) is 4.74 Å². The van der Waals surface area contributed by atoms with Crippen LogP contribution < -0.4 is 0 Å². The van der Waals surface area contributed by atoms with Crippen LogP contribution in [-0.4, -0.2) is 12.5 Å². The average molecular weight is 152 g/mol. The van der Waals surface area contributed by atoms with Gasteiger partial charge in [0.2, 0.25) is 0 Å². The van der Waals surface area contributed by atoms with E-state index < -0.39 is 0 Å². The van der Waals surface area contributed by atoms with Gasteiger partial charge in [0.25, 0.3) is 0 Å². The van der Waals surface area contributed by atoms with E-state index in [1.165, 1.54) is 0 Å². The fourth-order valence-corrected chi connectivity index (χ4v) is 0.473. The van der Waals surface area contributed by atoms with Gasteiger partial charge in [-0.05, 0) is 13.3 Å². The van der Waals surface area contributed by atoms with Crippen LogP contribution in [0.25, 0.3) is 0 Å². The van der Waals surface area contributed by atoms with Crippen molar-refractivity contribution in [1.82, 2.24) is 0 Å². The number of halogens is 1. The highest BCUT2D eigenvalue weighted by Gasteiger charge is 1.90. The smallest absolute Gasteiger partial charge is 0.180 e. The van der Waals surface area contributed by atoms with E-state index in [1.54, 1.807) is 0 Å². The Morgan fingerprint density at radius 2 is 2.00 bits per heavy atom. The first kappa shape index (κ1) is 11.5. The highest BCUT2D eigenvalue weighted by molar-refractivity contribution is 5.85. The van der Waals surface area contributed by atoms with Crippen molar-refractivity contribution in [2.45, 2.75) is 26.7 Å². The quantitative estimate of drug-likeness (QED) is 0.487. The molecule has 0 aromatic heterocycles. The number of hydrogen-bond acceptors (Lipinski definition) is 2. The molecule has 0 radical (unpaired) electrons. The van der Waals surface area contributed by atoms with E-state index in [0.717, 1.165) is 12.8 Å². The van der Waals surface area contributed by atoms with Crippen LogP contribution in [0.5, 0.6) is 0 Å². The fraction of sp³-hybridized carbons (Fsp3) is 0.833. The Bertz CT molecular complexity index is 67.5. The molecule has 0 aliphatic heterocycles. The predicted molar refractivity (Wildman–Crippen MR) is 41.5 cm³/mol. The topological polar surface area (TPSA) is 33.1 Å². The summed E-state index contributed by atoms with van der Waals surface area (Å²) in [5.41, 5.74) is 0. The lowest BCUT2D eigenvalue weighted by atomic mass is 10.3. The molecule has 0 rings (SSSR count). The Morgan fingerprint density at radius 3 is 2.33 bits per heavy atom. The molecule has 0 saturated carbocycles. The van der Waals surface area contributed by atoms with Crippen molar-refractivity contribution in [3.05, 3.63) is 0 Å². The largest absolute Gasteiger partial charge is 0.481 e. The second-order valence-electron chi connectivity index (χ2n) is 1.61. The molecule has 9 heavy (non-hydrogen) atoms. The van der Waals surface area contributed by atoms with E-state index in [1.807, 2.05) is 13.8 Å². The van der Waals surface area contributed by atoms with Gasteiger partial charge in [0.05, 0.1) is 6.61 Å². The van der Waals surface area contributed by atoms with Crippen LogP contribution in [0.1, 0.15) is 26.7 Å². The third-order valence-corrected chi connectivity index (χ3v) is 0.796. The Labute approximate surface area is 62.5 Å². The molecule has 0 heterocycles. The molecule has 0 atom stereocenters. The molecule has 0 aromatic carbocycles. The van der Waals surface area contributed by atoms with Crippen LogP contribution in [0, 0.1) is 5.41 Å². The Balaban J connectivity index is 0. The normalized spacial score (nSPS) is 7.78. The third-order valence-electron chi connectivity index (χ3n) is 0.796. The van der Waals surface area contributed by atoms with Gasteiger partial charge in [0, 0.05) is 6.42 Å². The zero-order valence-electron chi connectivity index (χ0n) is 5.94. The molecular formula is C6H14ClNO. The lowest BCUT2D eigenvalue weighted by Gasteiger charge is -2.00. The molecule has 0 spiro atoms. The van der Waals surface area contributed by atoms with Crippen molar-refractivity contribution < 1.29 is 4.74 Å². The fourth-order valence-electron chi connectivity index (χ4n) is 0.473. The van der Waals surface area contributed by atoms with Gasteiger partial charge < -0.3 is 4.74 Å². The Hall–Kier alpha value is -0.240. The third kappa shape index (κ3) is 7.76. The number of rotatable bonds is 3. The molecule has 0 amide bonds. The summed E-state index contributed by atoms with van der Waals surface area (Å²) < 4.78 is 4.87. The highest BCUT2D eigenvalue weighted by atomic mass is 35.5. The van der Waals surface area contributed by atoms with Gasteiger partial charge in [0.15, 0.2) is 5.90 Å². The van der Waals surface area contributed by atoms with E-state index in [9.17, 15) is 0 Å². The van der Waals surface area contributed by atoms with E-state index in [4.69, 9.17) is 10.1 Å². The van der Waals surface area contributed by atoms with E-state index >= 15 is 0 Å². The van der Waals surface area contributed by atoms with Gasteiger partial charge in [-0.1, -0.05) is 6.92 Å². The van der Waals surface area contributed by atoms with Crippen molar-refractivity contribution in [3.63, 3.8) is 0 Å². The van der Waals surface area contributed by atoms with Gasteiger partial charge in [-0.25, -0.2) is 0 Å². The van der Waals surface area contributed by atoms with E-state index in [0.29, 0.717) is 12.5 Å². The Morgan fingerprint density at radius 1 is 1.44 bits per heavy atom. The van der Waals surface area contributed by atoms with Gasteiger partial charge in [0.1, 0.15) is 0 Å². The van der Waals surface area contributed by atoms with Crippen LogP contribution in [0.15, 0.2) is 0 Å². The van der Waals surface area contributed by atoms with Crippen molar-refractivity contribution in [1.29, 1.82) is 5.41 Å². The van der Waals surface area contributed by atoms with Crippen LogP contribution in [0.2, 0.25) is 0 Å². The van der Waals surface area contributed by atoms with Gasteiger partial charge in [-0.15, -0.1) is 12.4 Å². The van der Waals surface area contributed by atoms with Gasteiger partial charge >= 0.3 is 0 Å². The lowest BCUT2D eigenvalue weighted by molar-refractivity contribution is 0.313. The van der Waals surface area contributed by atoms with Crippen LogP contribution in [0.4, 0.5) is 0 Å². The van der Waals surface area contributed by atoms with Crippen LogP contribution in [0.3, 0.4) is 0 Å². The van der Waals surface area contributed by atoms with Crippen molar-refractivity contribution in [2.75, 3.05) is 6.61 Å². The first-order chi connectivity index (χ1) is 3.81. The monoisotopic (exact) mass is 151 g/mol. The maximum atomic E-state index is 7.07. The summed E-state index contributed by atoms with van der Waals surface area (Å²) in [6, 6.07) is 0. The molecular weight excluding hydrogens is 138 g/mol.